The summed E-state index contributed by atoms with van der Waals surface area (Å²) in [4.78, 5) is 12.5. The van der Waals surface area contributed by atoms with Crippen LogP contribution in [-0.2, 0) is 9.53 Å². The summed E-state index contributed by atoms with van der Waals surface area (Å²) in [6.07, 6.45) is -4.60. The van der Waals surface area contributed by atoms with E-state index in [0.29, 0.717) is 35.9 Å². The van der Waals surface area contributed by atoms with Crippen LogP contribution < -0.4 is 0 Å². The van der Waals surface area contributed by atoms with E-state index in [0.717, 1.165) is 6.42 Å². The van der Waals surface area contributed by atoms with Crippen molar-refractivity contribution in [3.8, 4) is 0 Å². The number of hydrogen-bond acceptors (Lipinski definition) is 3. The highest BCUT2D eigenvalue weighted by atomic mass is 32.2. The number of ether oxygens (including phenoxy) is 1. The van der Waals surface area contributed by atoms with Gasteiger partial charge in [0, 0.05) is 24.9 Å². The fraction of sp³-hybridized carbons (Fsp3) is 0.917. The number of nitrogens with zero attached hydrogens (tertiary/aromatic N) is 1. The number of rotatable bonds is 4. The quantitative estimate of drug-likeness (QED) is 0.741. The predicted octanol–water partition coefficient (Wildman–Crippen LogP) is 2.70. The van der Waals surface area contributed by atoms with Crippen LogP contribution in [-0.4, -0.2) is 59.7 Å². The molecule has 1 amide bonds. The van der Waals surface area contributed by atoms with Gasteiger partial charge in [0.15, 0.2) is 0 Å². The molecule has 2 saturated heterocycles. The molecule has 2 rings (SSSR count). The standard InChI is InChI=1S/C12H16F5NO2S/c13-11(14,12(15,16)17)10(19)18(8-3-5-21-7-8)6-9-2-1-4-20-9/h8-9H,1-7H2. The molecule has 3 nitrogen and oxygen atoms in total. The molecule has 21 heavy (non-hydrogen) atoms. The largest absolute Gasteiger partial charge is 0.463 e. The van der Waals surface area contributed by atoms with E-state index < -0.39 is 30.2 Å². The Morgan fingerprint density at radius 3 is 2.43 bits per heavy atom. The average molecular weight is 333 g/mol. The van der Waals surface area contributed by atoms with Gasteiger partial charge in [-0.2, -0.15) is 33.7 Å². The predicted molar refractivity (Wildman–Crippen MR) is 67.4 cm³/mol. The second-order valence-corrected chi connectivity index (χ2v) is 6.33. The summed E-state index contributed by atoms with van der Waals surface area (Å²) in [6.45, 7) is 0.248. The lowest BCUT2D eigenvalue weighted by atomic mass is 10.1. The Bertz CT molecular complexity index is 378. The fourth-order valence-corrected chi connectivity index (χ4v) is 3.70. The minimum absolute atomic E-state index is 0.199. The van der Waals surface area contributed by atoms with Crippen LogP contribution in [0.1, 0.15) is 19.3 Å². The van der Waals surface area contributed by atoms with Gasteiger partial charge in [-0.1, -0.05) is 0 Å². The van der Waals surface area contributed by atoms with Gasteiger partial charge in [0.25, 0.3) is 0 Å². The van der Waals surface area contributed by atoms with Gasteiger partial charge in [0.05, 0.1) is 6.10 Å². The maximum Gasteiger partial charge on any atom is 0.463 e. The molecule has 2 atom stereocenters. The van der Waals surface area contributed by atoms with Gasteiger partial charge in [0.1, 0.15) is 0 Å². The molecule has 2 fully saturated rings. The van der Waals surface area contributed by atoms with Crippen molar-refractivity contribution in [2.24, 2.45) is 0 Å². The van der Waals surface area contributed by atoms with E-state index >= 15 is 0 Å². The van der Waals surface area contributed by atoms with Crippen molar-refractivity contribution in [1.82, 2.24) is 4.90 Å². The van der Waals surface area contributed by atoms with Crippen LogP contribution in [0.15, 0.2) is 0 Å². The Kier molecular flexibility index (Phi) is 5.02. The lowest BCUT2D eigenvalue weighted by Crippen LogP contribution is -2.56. The zero-order chi connectivity index (χ0) is 15.7. The molecule has 2 aliphatic rings. The Morgan fingerprint density at radius 1 is 1.24 bits per heavy atom. The Hall–Kier alpha value is -0.570. The summed E-state index contributed by atoms with van der Waals surface area (Å²) in [5, 5.41) is 0. The van der Waals surface area contributed by atoms with Crippen molar-refractivity contribution < 1.29 is 31.5 Å². The van der Waals surface area contributed by atoms with Crippen molar-refractivity contribution in [3.05, 3.63) is 0 Å². The number of halogens is 5. The summed E-state index contributed by atoms with van der Waals surface area (Å²) < 4.78 is 69.2. The minimum atomic E-state index is -5.87. The highest BCUT2D eigenvalue weighted by molar-refractivity contribution is 7.99. The van der Waals surface area contributed by atoms with E-state index in [2.05, 4.69) is 0 Å². The molecule has 2 aliphatic heterocycles. The molecular weight excluding hydrogens is 317 g/mol. The molecular formula is C12H16F5NO2S. The first kappa shape index (κ1) is 16.8. The molecule has 0 N–H and O–H groups in total. The normalized spacial score (nSPS) is 27.1. The van der Waals surface area contributed by atoms with Gasteiger partial charge in [-0.3, -0.25) is 4.79 Å². The van der Waals surface area contributed by atoms with Gasteiger partial charge in [-0.15, -0.1) is 0 Å². The zero-order valence-electron chi connectivity index (χ0n) is 11.2. The van der Waals surface area contributed by atoms with E-state index in [1.807, 2.05) is 0 Å². The second-order valence-electron chi connectivity index (χ2n) is 5.18. The van der Waals surface area contributed by atoms with Crippen LogP contribution in [0.3, 0.4) is 0 Å². The number of hydrogen-bond donors (Lipinski definition) is 0. The van der Waals surface area contributed by atoms with E-state index in [1.54, 1.807) is 0 Å². The minimum Gasteiger partial charge on any atom is -0.376 e. The van der Waals surface area contributed by atoms with Crippen LogP contribution in [0, 0.1) is 0 Å². The van der Waals surface area contributed by atoms with E-state index in [9.17, 15) is 26.7 Å². The Morgan fingerprint density at radius 2 is 1.95 bits per heavy atom. The van der Waals surface area contributed by atoms with Crippen LogP contribution in [0.2, 0.25) is 0 Å². The monoisotopic (exact) mass is 333 g/mol. The highest BCUT2D eigenvalue weighted by Crippen LogP contribution is 2.38. The summed E-state index contributed by atoms with van der Waals surface area (Å²) in [5.41, 5.74) is 0. The molecule has 0 aliphatic carbocycles. The first-order valence-corrected chi connectivity index (χ1v) is 7.84. The molecule has 0 aromatic carbocycles. The van der Waals surface area contributed by atoms with Crippen molar-refractivity contribution in [2.75, 3.05) is 24.7 Å². The molecule has 2 heterocycles. The zero-order valence-corrected chi connectivity index (χ0v) is 12.0. The topological polar surface area (TPSA) is 29.5 Å². The second kappa shape index (κ2) is 6.28. The first-order chi connectivity index (χ1) is 9.73. The molecule has 122 valence electrons. The molecule has 0 bridgehead atoms. The fourth-order valence-electron chi connectivity index (χ4n) is 2.48. The van der Waals surface area contributed by atoms with E-state index in [4.69, 9.17) is 4.74 Å². The van der Waals surface area contributed by atoms with Gasteiger partial charge in [-0.05, 0) is 25.0 Å². The van der Waals surface area contributed by atoms with Crippen LogP contribution >= 0.6 is 11.8 Å². The molecule has 9 heteroatoms. The summed E-state index contributed by atoms with van der Waals surface area (Å²) in [6, 6.07) is -0.583. The molecule has 0 spiro atoms. The van der Waals surface area contributed by atoms with Gasteiger partial charge in [-0.25, -0.2) is 0 Å². The third-order valence-corrected chi connectivity index (χ3v) is 4.80. The summed E-state index contributed by atoms with van der Waals surface area (Å²) in [7, 11) is 0. The Balaban J connectivity index is 2.15. The van der Waals surface area contributed by atoms with Crippen LogP contribution in [0.25, 0.3) is 0 Å². The van der Waals surface area contributed by atoms with Gasteiger partial charge < -0.3 is 9.64 Å². The number of carbonyl (C=O) groups is 1. The van der Waals surface area contributed by atoms with Gasteiger partial charge >= 0.3 is 18.0 Å². The van der Waals surface area contributed by atoms with Crippen molar-refractivity contribution >= 4 is 17.7 Å². The molecule has 0 aromatic heterocycles. The molecule has 0 radical (unpaired) electrons. The smallest absolute Gasteiger partial charge is 0.376 e. The maximum absolute atomic E-state index is 13.3. The van der Waals surface area contributed by atoms with Crippen molar-refractivity contribution in [2.45, 2.75) is 43.5 Å². The molecule has 2 unspecified atom stereocenters. The number of carbonyl (C=O) groups excluding carboxylic acids is 1. The van der Waals surface area contributed by atoms with Crippen LogP contribution in [0.5, 0.6) is 0 Å². The number of alkyl halides is 5. The maximum atomic E-state index is 13.3. The number of amides is 1. The van der Waals surface area contributed by atoms with Crippen LogP contribution in [0.4, 0.5) is 22.0 Å². The molecule has 0 aromatic rings. The SMILES string of the molecule is O=C(N(CC1CCCO1)C1CCSC1)C(F)(F)C(F)(F)F. The highest BCUT2D eigenvalue weighted by Gasteiger charge is 2.65. The molecule has 0 saturated carbocycles. The first-order valence-electron chi connectivity index (χ1n) is 6.68. The van der Waals surface area contributed by atoms with E-state index in [1.165, 1.54) is 11.8 Å². The lowest BCUT2D eigenvalue weighted by Gasteiger charge is -2.33. The Labute approximate surface area is 123 Å². The van der Waals surface area contributed by atoms with Crippen molar-refractivity contribution in [1.29, 1.82) is 0 Å². The number of thioether (sulfide) groups is 1. The summed E-state index contributed by atoms with van der Waals surface area (Å²) in [5.74, 6) is -6.47. The van der Waals surface area contributed by atoms with E-state index in [-0.39, 0.29) is 6.54 Å². The lowest BCUT2D eigenvalue weighted by molar-refractivity contribution is -0.275. The van der Waals surface area contributed by atoms with Gasteiger partial charge in [0.2, 0.25) is 0 Å². The summed E-state index contributed by atoms with van der Waals surface area (Å²) >= 11 is 1.44. The third kappa shape index (κ3) is 3.61. The van der Waals surface area contributed by atoms with Crippen molar-refractivity contribution in [3.63, 3.8) is 0 Å². The average Bonchev–Trinajstić information content (AvgIpc) is 3.06. The third-order valence-electron chi connectivity index (χ3n) is 3.66.